The van der Waals surface area contributed by atoms with Crippen LogP contribution in [-0.4, -0.2) is 65.4 Å². The molecule has 2 aromatic rings. The van der Waals surface area contributed by atoms with Crippen molar-refractivity contribution in [3.8, 4) is 0 Å². The molecule has 0 saturated carbocycles. The highest BCUT2D eigenvalue weighted by Crippen LogP contribution is 2.52. The summed E-state index contributed by atoms with van der Waals surface area (Å²) in [6.45, 7) is 0. The van der Waals surface area contributed by atoms with E-state index in [-0.39, 0.29) is 28.4 Å². The van der Waals surface area contributed by atoms with Crippen LogP contribution in [0.5, 0.6) is 0 Å². The highest BCUT2D eigenvalue weighted by Gasteiger charge is 2.71. The fourth-order valence-electron chi connectivity index (χ4n) is 4.83. The molecule has 166 valence electrons. The number of esters is 1. The molecule has 10 heteroatoms. The summed E-state index contributed by atoms with van der Waals surface area (Å²) in [5.41, 5.74) is -1.72. The van der Waals surface area contributed by atoms with E-state index in [1.54, 1.807) is 12.1 Å². The van der Waals surface area contributed by atoms with Crippen LogP contribution in [0.25, 0.3) is 0 Å². The van der Waals surface area contributed by atoms with Gasteiger partial charge in [-0.05, 0) is 22.9 Å². The van der Waals surface area contributed by atoms with E-state index < -0.39 is 11.6 Å². The van der Waals surface area contributed by atoms with Gasteiger partial charge in [0.2, 0.25) is 5.60 Å². The second-order valence-electron chi connectivity index (χ2n) is 8.09. The van der Waals surface area contributed by atoms with Gasteiger partial charge >= 0.3 is 5.97 Å². The molecule has 5 nitrogen and oxygen atoms in total. The van der Waals surface area contributed by atoms with Crippen molar-refractivity contribution in [3.05, 3.63) is 44.8 Å². The second kappa shape index (κ2) is 9.35. The first-order chi connectivity index (χ1) is 13.8. The maximum Gasteiger partial charge on any atom is 0.349 e. The molecule has 5 rings (SSSR count). The summed E-state index contributed by atoms with van der Waals surface area (Å²) < 4.78 is 12.6. The Balaban J connectivity index is 0.000000606. The van der Waals surface area contributed by atoms with Crippen molar-refractivity contribution < 1.29 is 40.8 Å². The van der Waals surface area contributed by atoms with Crippen LogP contribution in [0.4, 0.5) is 0 Å². The Morgan fingerprint density at radius 2 is 1.63 bits per heavy atom. The van der Waals surface area contributed by atoms with Crippen molar-refractivity contribution in [2.45, 2.75) is 48.8 Å². The molecule has 1 N–H and O–H groups in total. The lowest BCUT2D eigenvalue weighted by molar-refractivity contribution is -0.938. The summed E-state index contributed by atoms with van der Waals surface area (Å²) in [4.78, 5) is 14.3. The number of aliphatic hydroxyl groups is 1. The number of epoxide rings is 1. The van der Waals surface area contributed by atoms with Gasteiger partial charge in [-0.3, -0.25) is 0 Å². The smallest absolute Gasteiger partial charge is 0.349 e. The summed E-state index contributed by atoms with van der Waals surface area (Å²) in [5.74, 6) is -0.561. The maximum absolute atomic E-state index is 13.1. The topological polar surface area (TPSA) is 59.1 Å². The lowest BCUT2D eigenvalue weighted by Gasteiger charge is -2.45. The molecule has 2 bridgehead atoms. The predicted octanol–water partition coefficient (Wildman–Crippen LogP) is 0.771. The summed E-state index contributed by atoms with van der Waals surface area (Å²) >= 11 is 12.3. The third-order valence-electron chi connectivity index (χ3n) is 6.36. The quantitative estimate of drug-likeness (QED) is 0.262. The number of quaternary nitrogens is 1. The van der Waals surface area contributed by atoms with Gasteiger partial charge in [-0.15, -0.1) is 45.9 Å². The minimum absolute atomic E-state index is 0. The molecule has 3 aliphatic heterocycles. The number of piperidine rings is 1. The maximum atomic E-state index is 13.1. The van der Waals surface area contributed by atoms with E-state index >= 15 is 0 Å². The van der Waals surface area contributed by atoms with Gasteiger partial charge < -0.3 is 36.0 Å². The van der Waals surface area contributed by atoms with Crippen molar-refractivity contribution in [1.82, 2.24) is 0 Å². The van der Waals surface area contributed by atoms with Crippen LogP contribution in [0, 0.1) is 0 Å². The van der Waals surface area contributed by atoms with E-state index in [4.69, 9.17) is 32.7 Å². The number of hydrogen-bond acceptors (Lipinski definition) is 6. The molecule has 0 aliphatic carbocycles. The molecule has 30 heavy (non-hydrogen) atoms. The zero-order valence-corrected chi connectivity index (χ0v) is 21.3. The molecule has 0 spiro atoms. The van der Waals surface area contributed by atoms with Crippen molar-refractivity contribution in [3.63, 3.8) is 0 Å². The Morgan fingerprint density at radius 1 is 1.17 bits per heavy atom. The summed E-state index contributed by atoms with van der Waals surface area (Å²) in [7, 11) is 4.49. The molecule has 5 atom stereocenters. The van der Waals surface area contributed by atoms with Gasteiger partial charge in [-0.25, -0.2) is 4.79 Å². The van der Waals surface area contributed by atoms with Crippen LogP contribution in [-0.2, 0) is 19.9 Å². The SMILES string of the molecule is C[N+]1(C)[C@@H]2C[C@@H](OC(=O)C(O)(c3cccs3)c3cccs3)C[C@H]1[C@@H]1O[C@@H]12.ClCCl.[Br-]. The van der Waals surface area contributed by atoms with Crippen molar-refractivity contribution in [2.75, 3.05) is 19.4 Å². The Bertz CT molecular complexity index is 795. The first-order valence-electron chi connectivity index (χ1n) is 9.46. The number of hydrogen-bond donors (Lipinski definition) is 1. The number of halogens is 3. The first kappa shape index (κ1) is 24.5. The predicted molar refractivity (Wildman–Crippen MR) is 116 cm³/mol. The highest BCUT2D eigenvalue weighted by molar-refractivity contribution is 7.12. The number of alkyl halides is 2. The number of ether oxygens (including phenoxy) is 2. The summed E-state index contributed by atoms with van der Waals surface area (Å²) in [5, 5.41) is 15.3. The number of fused-ring (bicyclic) bond motifs is 5. The monoisotopic (exact) mass is 555 g/mol. The fraction of sp³-hybridized carbons (Fsp3) is 0.550. The van der Waals surface area contributed by atoms with Crippen molar-refractivity contribution in [1.29, 1.82) is 0 Å². The number of rotatable bonds is 4. The number of morpholine rings is 1. The van der Waals surface area contributed by atoms with Crippen LogP contribution in [0.3, 0.4) is 0 Å². The summed E-state index contributed by atoms with van der Waals surface area (Å²) in [6.07, 6.45) is 2.05. The van der Waals surface area contributed by atoms with Crippen LogP contribution in [0.2, 0.25) is 0 Å². The van der Waals surface area contributed by atoms with E-state index in [0.29, 0.717) is 34.0 Å². The molecule has 0 aromatic carbocycles. The molecule has 3 aliphatic rings. The third-order valence-corrected chi connectivity index (χ3v) is 8.32. The Morgan fingerprint density at radius 3 is 2.03 bits per heavy atom. The zero-order chi connectivity index (χ0) is 20.8. The molecule has 5 heterocycles. The Kier molecular flexibility index (Phi) is 7.62. The van der Waals surface area contributed by atoms with E-state index in [2.05, 4.69) is 14.1 Å². The second-order valence-corrected chi connectivity index (χ2v) is 10.8. The lowest BCUT2D eigenvalue weighted by Crippen LogP contribution is -3.00. The molecule has 3 fully saturated rings. The van der Waals surface area contributed by atoms with Gasteiger partial charge in [-0.2, -0.15) is 0 Å². The van der Waals surface area contributed by atoms with Gasteiger partial charge in [0.05, 0.1) is 29.2 Å². The van der Waals surface area contributed by atoms with Gasteiger partial charge in [-0.1, -0.05) is 12.1 Å². The molecule has 0 amide bonds. The van der Waals surface area contributed by atoms with E-state index in [9.17, 15) is 9.90 Å². The van der Waals surface area contributed by atoms with E-state index in [1.165, 1.54) is 22.7 Å². The minimum Gasteiger partial charge on any atom is -1.00 e. The minimum atomic E-state index is -1.72. The zero-order valence-electron chi connectivity index (χ0n) is 16.5. The fourth-order valence-corrected chi connectivity index (χ4v) is 6.54. The first-order valence-corrected chi connectivity index (χ1v) is 12.3. The van der Waals surface area contributed by atoms with Crippen molar-refractivity contribution >= 4 is 51.8 Å². The van der Waals surface area contributed by atoms with Gasteiger partial charge in [0.25, 0.3) is 0 Å². The molecular weight excluding hydrogens is 533 g/mol. The standard InChI is InChI=1S/C19H22NO4S2.CH2Cl2.BrH/c1-20(2)12-9-11(10-13(20)17-16(12)24-17)23-18(21)19(22,14-5-3-7-25-14)15-6-4-8-26-15;2-1-3;/h3-8,11-13,16-17,22H,9-10H2,1-2H3;1H2;1H/q+1;;/p-1/t11-,12-,13+,16-,17+;;. The highest BCUT2D eigenvalue weighted by atomic mass is 79.9. The van der Waals surface area contributed by atoms with Crippen LogP contribution < -0.4 is 17.0 Å². The molecule has 3 saturated heterocycles. The lowest BCUT2D eigenvalue weighted by atomic mass is 9.95. The van der Waals surface area contributed by atoms with E-state index in [0.717, 1.165) is 17.3 Å². The average molecular weight is 557 g/mol. The molecule has 2 aromatic heterocycles. The van der Waals surface area contributed by atoms with Gasteiger partial charge in [0.1, 0.15) is 30.4 Å². The number of carbonyl (C=O) groups excluding carboxylic acids is 1. The number of thiophene rings is 2. The number of nitrogens with zero attached hydrogens (tertiary/aromatic N) is 1. The van der Waals surface area contributed by atoms with Crippen LogP contribution in [0.15, 0.2) is 35.0 Å². The Labute approximate surface area is 204 Å². The third kappa shape index (κ3) is 4.10. The number of likely N-dealkylation sites (N-methyl/N-ethyl adjacent to an activating group) is 1. The number of carbonyl (C=O) groups is 1. The largest absolute Gasteiger partial charge is 1.00 e. The van der Waals surface area contributed by atoms with Crippen LogP contribution in [0.1, 0.15) is 22.6 Å². The average Bonchev–Trinajstić information content (AvgIpc) is 3.04. The van der Waals surface area contributed by atoms with Crippen LogP contribution >= 0.6 is 45.9 Å². The van der Waals surface area contributed by atoms with Gasteiger partial charge in [0, 0.05) is 12.8 Å². The Hall–Kier alpha value is -0.190. The molecule has 0 radical (unpaired) electrons. The molecular formula is C20H24BrCl2NO4S2. The van der Waals surface area contributed by atoms with Crippen molar-refractivity contribution in [2.24, 2.45) is 0 Å². The molecule has 0 unspecified atom stereocenters. The normalized spacial score (nSPS) is 30.4. The summed E-state index contributed by atoms with van der Waals surface area (Å²) in [6, 6.07) is 8.01. The van der Waals surface area contributed by atoms with E-state index in [1.807, 2.05) is 22.9 Å². The van der Waals surface area contributed by atoms with Gasteiger partial charge in [0.15, 0.2) is 0 Å².